The van der Waals surface area contributed by atoms with Crippen LogP contribution in [0.2, 0.25) is 0 Å². The number of rotatable bonds is 2. The molecule has 0 spiro atoms. The van der Waals surface area contributed by atoms with Crippen molar-refractivity contribution in [2.24, 2.45) is 0 Å². The van der Waals surface area contributed by atoms with Gasteiger partial charge in [0.1, 0.15) is 6.10 Å². The molecule has 0 radical (unpaired) electrons. The summed E-state index contributed by atoms with van der Waals surface area (Å²) in [7, 11) is 1.66. The Labute approximate surface area is 75.0 Å². The normalized spacial score (nSPS) is 22.8. The van der Waals surface area contributed by atoms with E-state index in [-0.39, 0.29) is 6.10 Å². The van der Waals surface area contributed by atoms with Crippen LogP contribution in [0.15, 0.2) is 0 Å². The number of hydrogen-bond acceptors (Lipinski definition) is 3. The molecular weight excluding hydrogens is 156 g/mol. The fraction of sp³-hybridized carbons (Fsp3) is 1.00. The average molecular weight is 176 g/mol. The van der Waals surface area contributed by atoms with Crippen LogP contribution in [0.5, 0.6) is 0 Å². The summed E-state index contributed by atoms with van der Waals surface area (Å²) in [6.45, 7) is 6.99. The third-order valence-corrected chi connectivity index (χ3v) is 1.24. The Hall–Kier alpha value is -0.120. The number of hydrogen-bond donors (Lipinski definition) is 0. The second-order valence-electron chi connectivity index (χ2n) is 2.73. The van der Waals surface area contributed by atoms with Crippen LogP contribution < -0.4 is 0 Å². The van der Waals surface area contributed by atoms with E-state index in [0.717, 1.165) is 6.61 Å². The molecule has 0 aromatic carbocycles. The zero-order valence-corrected chi connectivity index (χ0v) is 8.34. The highest BCUT2D eigenvalue weighted by atomic mass is 16.6. The van der Waals surface area contributed by atoms with Crippen LogP contribution in [-0.4, -0.2) is 39.6 Å². The first-order valence-electron chi connectivity index (χ1n) is 4.53. The van der Waals surface area contributed by atoms with Gasteiger partial charge in [0.05, 0.1) is 26.4 Å². The minimum absolute atomic E-state index is 0.156. The van der Waals surface area contributed by atoms with E-state index in [1.807, 2.05) is 0 Å². The SMILES string of the molecule is CCC.COCC1COCCO1. The van der Waals surface area contributed by atoms with Crippen molar-refractivity contribution in [3.8, 4) is 0 Å². The van der Waals surface area contributed by atoms with Gasteiger partial charge in [0.15, 0.2) is 0 Å². The summed E-state index contributed by atoms with van der Waals surface area (Å²) < 4.78 is 15.3. The standard InChI is InChI=1S/C6H12O3.C3H8/c1-7-4-6-5-8-2-3-9-6;1-3-2/h6H,2-5H2,1H3;3H2,1-2H3. The molecule has 0 saturated carbocycles. The first kappa shape index (κ1) is 11.9. The Balaban J connectivity index is 0.000000354. The topological polar surface area (TPSA) is 27.7 Å². The van der Waals surface area contributed by atoms with Gasteiger partial charge in [-0.25, -0.2) is 0 Å². The minimum atomic E-state index is 0.156. The van der Waals surface area contributed by atoms with Gasteiger partial charge < -0.3 is 14.2 Å². The van der Waals surface area contributed by atoms with Crippen LogP contribution in [0.25, 0.3) is 0 Å². The molecule has 1 fully saturated rings. The van der Waals surface area contributed by atoms with Crippen molar-refractivity contribution in [3.63, 3.8) is 0 Å². The molecule has 1 unspecified atom stereocenters. The van der Waals surface area contributed by atoms with Gasteiger partial charge in [-0.05, 0) is 0 Å². The minimum Gasteiger partial charge on any atom is -0.382 e. The lowest BCUT2D eigenvalue weighted by atomic mass is 10.4. The van der Waals surface area contributed by atoms with E-state index in [4.69, 9.17) is 14.2 Å². The molecule has 3 nitrogen and oxygen atoms in total. The summed E-state index contributed by atoms with van der Waals surface area (Å²) in [5.74, 6) is 0. The van der Waals surface area contributed by atoms with E-state index in [1.165, 1.54) is 6.42 Å². The summed E-state index contributed by atoms with van der Waals surface area (Å²) >= 11 is 0. The van der Waals surface area contributed by atoms with Gasteiger partial charge in [0, 0.05) is 7.11 Å². The van der Waals surface area contributed by atoms with E-state index in [0.29, 0.717) is 19.8 Å². The molecule has 0 amide bonds. The van der Waals surface area contributed by atoms with E-state index in [9.17, 15) is 0 Å². The molecule has 0 aromatic heterocycles. The predicted molar refractivity (Wildman–Crippen MR) is 48.4 cm³/mol. The molecule has 3 heteroatoms. The zero-order valence-electron chi connectivity index (χ0n) is 8.34. The van der Waals surface area contributed by atoms with Gasteiger partial charge in [-0.2, -0.15) is 0 Å². The Kier molecular flexibility index (Phi) is 8.88. The lowest BCUT2D eigenvalue weighted by molar-refractivity contribution is -0.110. The Bertz CT molecular complexity index is 77.1. The van der Waals surface area contributed by atoms with Gasteiger partial charge >= 0.3 is 0 Å². The molecule has 1 aliphatic rings. The first-order valence-corrected chi connectivity index (χ1v) is 4.53. The Morgan fingerprint density at radius 1 is 1.33 bits per heavy atom. The lowest BCUT2D eigenvalue weighted by Gasteiger charge is -2.21. The van der Waals surface area contributed by atoms with Crippen molar-refractivity contribution >= 4 is 0 Å². The molecule has 12 heavy (non-hydrogen) atoms. The van der Waals surface area contributed by atoms with Crippen molar-refractivity contribution in [1.29, 1.82) is 0 Å². The molecule has 0 aliphatic carbocycles. The monoisotopic (exact) mass is 176 g/mol. The molecule has 0 aromatic rings. The first-order chi connectivity index (χ1) is 5.85. The fourth-order valence-corrected chi connectivity index (χ4v) is 0.819. The van der Waals surface area contributed by atoms with E-state index in [1.54, 1.807) is 7.11 Å². The molecule has 0 N–H and O–H groups in total. The van der Waals surface area contributed by atoms with Gasteiger partial charge in [0.25, 0.3) is 0 Å². The lowest BCUT2D eigenvalue weighted by Crippen LogP contribution is -2.31. The summed E-state index contributed by atoms with van der Waals surface area (Å²) in [5, 5.41) is 0. The maximum absolute atomic E-state index is 5.27. The highest BCUT2D eigenvalue weighted by molar-refractivity contribution is 4.58. The Morgan fingerprint density at radius 2 is 2.00 bits per heavy atom. The van der Waals surface area contributed by atoms with Crippen molar-refractivity contribution in [2.75, 3.05) is 33.5 Å². The van der Waals surface area contributed by atoms with Crippen molar-refractivity contribution in [2.45, 2.75) is 26.4 Å². The smallest absolute Gasteiger partial charge is 0.104 e. The maximum Gasteiger partial charge on any atom is 0.104 e. The molecule has 1 saturated heterocycles. The molecule has 1 aliphatic heterocycles. The van der Waals surface area contributed by atoms with Gasteiger partial charge in [-0.15, -0.1) is 0 Å². The van der Waals surface area contributed by atoms with Gasteiger partial charge in [0.2, 0.25) is 0 Å². The zero-order chi connectivity index (χ0) is 9.23. The van der Waals surface area contributed by atoms with Crippen LogP contribution in [0, 0.1) is 0 Å². The third-order valence-electron chi connectivity index (χ3n) is 1.24. The van der Waals surface area contributed by atoms with Crippen LogP contribution >= 0.6 is 0 Å². The molecule has 1 heterocycles. The van der Waals surface area contributed by atoms with Crippen molar-refractivity contribution in [1.82, 2.24) is 0 Å². The van der Waals surface area contributed by atoms with Crippen LogP contribution in [0.4, 0.5) is 0 Å². The molecule has 1 atom stereocenters. The van der Waals surface area contributed by atoms with Gasteiger partial charge in [-0.1, -0.05) is 20.3 Å². The van der Waals surface area contributed by atoms with Crippen LogP contribution in [0.3, 0.4) is 0 Å². The predicted octanol–water partition coefficient (Wildman–Crippen LogP) is 1.46. The third kappa shape index (κ3) is 6.58. The average Bonchev–Trinajstić information content (AvgIpc) is 2.08. The van der Waals surface area contributed by atoms with Crippen LogP contribution in [-0.2, 0) is 14.2 Å². The van der Waals surface area contributed by atoms with E-state index >= 15 is 0 Å². The summed E-state index contributed by atoms with van der Waals surface area (Å²) in [6, 6.07) is 0. The number of ether oxygens (including phenoxy) is 3. The second kappa shape index (κ2) is 8.97. The highest BCUT2D eigenvalue weighted by Crippen LogP contribution is 1.99. The largest absolute Gasteiger partial charge is 0.382 e. The molecule has 1 rings (SSSR count). The van der Waals surface area contributed by atoms with Crippen LogP contribution in [0.1, 0.15) is 20.3 Å². The van der Waals surface area contributed by atoms with Gasteiger partial charge in [-0.3, -0.25) is 0 Å². The molecular formula is C9H20O3. The summed E-state index contributed by atoms with van der Waals surface area (Å²) in [6.07, 6.45) is 1.41. The summed E-state index contributed by atoms with van der Waals surface area (Å²) in [4.78, 5) is 0. The quantitative estimate of drug-likeness (QED) is 0.637. The fourth-order valence-electron chi connectivity index (χ4n) is 0.819. The Morgan fingerprint density at radius 3 is 2.42 bits per heavy atom. The summed E-state index contributed by atoms with van der Waals surface area (Å²) in [5.41, 5.74) is 0. The highest BCUT2D eigenvalue weighted by Gasteiger charge is 2.12. The molecule has 74 valence electrons. The molecule has 0 bridgehead atoms. The van der Waals surface area contributed by atoms with Crippen molar-refractivity contribution in [3.05, 3.63) is 0 Å². The van der Waals surface area contributed by atoms with E-state index in [2.05, 4.69) is 13.8 Å². The van der Waals surface area contributed by atoms with E-state index < -0.39 is 0 Å². The van der Waals surface area contributed by atoms with Crippen molar-refractivity contribution < 1.29 is 14.2 Å². The second-order valence-corrected chi connectivity index (χ2v) is 2.73. The maximum atomic E-state index is 5.27. The number of methoxy groups -OCH3 is 1.